The van der Waals surface area contributed by atoms with Crippen LogP contribution < -0.4 is 10.6 Å². The van der Waals surface area contributed by atoms with Gasteiger partial charge in [0.15, 0.2) is 6.04 Å². The highest BCUT2D eigenvalue weighted by Crippen LogP contribution is 2.44. The maximum Gasteiger partial charge on any atom is 0.433 e. The van der Waals surface area contributed by atoms with Gasteiger partial charge < -0.3 is 10.6 Å². The summed E-state index contributed by atoms with van der Waals surface area (Å²) in [7, 11) is 0. The standard InChI is InChI=1S/C24H23F6N5O/c1-2-14-3-6-16(7-4-14)18-10-20(24(28,29)30)35-22(34-18)17(13-33-35)9-21(36)32-12-15-5-8-19(31-11-15)23(25,26)27/h3-8,11,13,18,20,34H,2,9-10,12H2,1H3,(H,32,36)/t18-,20+/m1/s1. The molecule has 0 saturated carbocycles. The van der Waals surface area contributed by atoms with Gasteiger partial charge in [-0.25, -0.2) is 4.68 Å². The first-order valence-corrected chi connectivity index (χ1v) is 11.2. The molecule has 0 aliphatic carbocycles. The Labute approximate surface area is 202 Å². The van der Waals surface area contributed by atoms with Gasteiger partial charge in [0.1, 0.15) is 11.5 Å². The summed E-state index contributed by atoms with van der Waals surface area (Å²) in [5.41, 5.74) is 1.33. The van der Waals surface area contributed by atoms with E-state index in [2.05, 4.69) is 20.7 Å². The van der Waals surface area contributed by atoms with Gasteiger partial charge in [-0.15, -0.1) is 0 Å². The summed E-state index contributed by atoms with van der Waals surface area (Å²) >= 11 is 0. The molecule has 6 nitrogen and oxygen atoms in total. The first-order chi connectivity index (χ1) is 17.0. The molecular weight excluding hydrogens is 488 g/mol. The van der Waals surface area contributed by atoms with Crippen LogP contribution in [-0.2, 0) is 30.4 Å². The van der Waals surface area contributed by atoms with Gasteiger partial charge in [0.05, 0.1) is 18.7 Å². The smallest absolute Gasteiger partial charge is 0.363 e. The van der Waals surface area contributed by atoms with Crippen LogP contribution in [0.2, 0.25) is 0 Å². The third-order valence-corrected chi connectivity index (χ3v) is 6.06. The van der Waals surface area contributed by atoms with E-state index < -0.39 is 36.0 Å². The largest absolute Gasteiger partial charge is 0.433 e. The average molecular weight is 511 g/mol. The molecule has 12 heteroatoms. The van der Waals surface area contributed by atoms with Crippen LogP contribution in [0.25, 0.3) is 0 Å². The Morgan fingerprint density at radius 3 is 2.33 bits per heavy atom. The molecule has 36 heavy (non-hydrogen) atoms. The molecule has 3 heterocycles. The number of carbonyl (C=O) groups excluding carboxylic acids is 1. The fourth-order valence-corrected chi connectivity index (χ4v) is 4.08. The highest BCUT2D eigenvalue weighted by molar-refractivity contribution is 5.80. The van der Waals surface area contributed by atoms with E-state index in [0.29, 0.717) is 11.1 Å². The Morgan fingerprint density at radius 1 is 1.06 bits per heavy atom. The van der Waals surface area contributed by atoms with Crippen molar-refractivity contribution in [1.82, 2.24) is 20.1 Å². The fraction of sp³-hybridized carbons (Fsp3) is 0.375. The molecule has 0 spiro atoms. The lowest BCUT2D eigenvalue weighted by Crippen LogP contribution is -2.36. The number of benzene rings is 1. The first-order valence-electron chi connectivity index (χ1n) is 11.2. The number of halogens is 6. The molecule has 2 N–H and O–H groups in total. The quantitative estimate of drug-likeness (QED) is 0.436. The van der Waals surface area contributed by atoms with Crippen molar-refractivity contribution in [3.63, 3.8) is 0 Å². The summed E-state index contributed by atoms with van der Waals surface area (Å²) in [6, 6.07) is 6.84. The minimum Gasteiger partial charge on any atom is -0.363 e. The number of pyridine rings is 1. The highest BCUT2D eigenvalue weighted by Gasteiger charge is 2.47. The van der Waals surface area contributed by atoms with Crippen LogP contribution in [0.15, 0.2) is 48.8 Å². The van der Waals surface area contributed by atoms with Gasteiger partial charge in [-0.3, -0.25) is 9.78 Å². The Morgan fingerprint density at radius 2 is 1.75 bits per heavy atom. The van der Waals surface area contributed by atoms with Crippen LogP contribution in [0.4, 0.5) is 32.2 Å². The maximum atomic E-state index is 13.9. The number of rotatable bonds is 6. The molecular formula is C24H23F6N5O. The van der Waals surface area contributed by atoms with Crippen molar-refractivity contribution in [2.75, 3.05) is 5.32 Å². The van der Waals surface area contributed by atoms with Gasteiger partial charge in [-0.05, 0) is 29.2 Å². The van der Waals surface area contributed by atoms with E-state index in [1.807, 2.05) is 19.1 Å². The molecule has 0 saturated heterocycles. The lowest BCUT2D eigenvalue weighted by molar-refractivity contribution is -0.173. The summed E-state index contributed by atoms with van der Waals surface area (Å²) in [6.45, 7) is 1.90. The number of aromatic nitrogens is 3. The van der Waals surface area contributed by atoms with Gasteiger partial charge in [-0.2, -0.15) is 31.4 Å². The van der Waals surface area contributed by atoms with E-state index in [4.69, 9.17) is 0 Å². The zero-order valence-corrected chi connectivity index (χ0v) is 19.1. The number of anilines is 1. The molecule has 4 rings (SSSR count). The van der Waals surface area contributed by atoms with Crippen molar-refractivity contribution in [2.45, 2.75) is 57.2 Å². The van der Waals surface area contributed by atoms with Crippen molar-refractivity contribution in [3.05, 3.63) is 76.7 Å². The van der Waals surface area contributed by atoms with E-state index >= 15 is 0 Å². The van der Waals surface area contributed by atoms with E-state index in [-0.39, 0.29) is 30.8 Å². The molecule has 0 unspecified atom stereocenters. The molecule has 0 radical (unpaired) electrons. The number of nitrogens with zero attached hydrogens (tertiary/aromatic N) is 3. The topological polar surface area (TPSA) is 71.8 Å². The minimum atomic E-state index is -4.57. The molecule has 1 aromatic carbocycles. The molecule has 192 valence electrons. The van der Waals surface area contributed by atoms with E-state index in [1.54, 1.807) is 12.1 Å². The van der Waals surface area contributed by atoms with Crippen LogP contribution in [-0.4, -0.2) is 26.8 Å². The average Bonchev–Trinajstić information content (AvgIpc) is 3.23. The normalized spacial score (nSPS) is 17.9. The zero-order valence-electron chi connectivity index (χ0n) is 19.1. The second-order valence-electron chi connectivity index (χ2n) is 8.55. The number of carbonyl (C=O) groups is 1. The number of nitrogens with one attached hydrogen (secondary N) is 2. The third kappa shape index (κ3) is 5.63. The molecule has 3 aromatic rings. The Balaban J connectivity index is 1.48. The lowest BCUT2D eigenvalue weighted by atomic mass is 9.95. The summed E-state index contributed by atoms with van der Waals surface area (Å²) in [5, 5.41) is 9.56. The second kappa shape index (κ2) is 9.82. The predicted octanol–water partition coefficient (Wildman–Crippen LogP) is 5.38. The summed E-state index contributed by atoms with van der Waals surface area (Å²) < 4.78 is 80.4. The van der Waals surface area contributed by atoms with Gasteiger partial charge in [0.25, 0.3) is 0 Å². The molecule has 2 aromatic heterocycles. The summed E-state index contributed by atoms with van der Waals surface area (Å²) in [4.78, 5) is 15.8. The van der Waals surface area contributed by atoms with Gasteiger partial charge in [0, 0.05) is 24.7 Å². The molecule has 0 bridgehead atoms. The highest BCUT2D eigenvalue weighted by atomic mass is 19.4. The summed E-state index contributed by atoms with van der Waals surface area (Å²) in [5.74, 6) is -0.412. The number of hydrogen-bond donors (Lipinski definition) is 2. The van der Waals surface area contributed by atoms with Crippen molar-refractivity contribution in [1.29, 1.82) is 0 Å². The van der Waals surface area contributed by atoms with Crippen LogP contribution >= 0.6 is 0 Å². The van der Waals surface area contributed by atoms with E-state index in [9.17, 15) is 31.1 Å². The van der Waals surface area contributed by atoms with Crippen molar-refractivity contribution in [3.8, 4) is 0 Å². The van der Waals surface area contributed by atoms with E-state index in [0.717, 1.165) is 28.9 Å². The van der Waals surface area contributed by atoms with Crippen molar-refractivity contribution in [2.24, 2.45) is 0 Å². The number of fused-ring (bicyclic) bond motifs is 1. The van der Waals surface area contributed by atoms with Crippen LogP contribution in [0.5, 0.6) is 0 Å². The Bertz CT molecular complexity index is 1200. The molecule has 1 aliphatic heterocycles. The van der Waals surface area contributed by atoms with Crippen molar-refractivity contribution >= 4 is 11.7 Å². The predicted molar refractivity (Wildman–Crippen MR) is 119 cm³/mol. The number of amides is 1. The SMILES string of the molecule is CCc1ccc([C@H]2C[C@@H](C(F)(F)F)n3ncc(CC(=O)NCc4ccc(C(F)(F)F)nc4)c3N2)cc1. The molecule has 1 amide bonds. The lowest BCUT2D eigenvalue weighted by Gasteiger charge is -2.34. The van der Waals surface area contributed by atoms with Crippen LogP contribution in [0.1, 0.15) is 53.4 Å². The zero-order chi connectivity index (χ0) is 26.1. The number of hydrogen-bond acceptors (Lipinski definition) is 4. The maximum absolute atomic E-state index is 13.9. The van der Waals surface area contributed by atoms with Gasteiger partial charge in [0.2, 0.25) is 5.91 Å². The number of alkyl halides is 6. The second-order valence-corrected chi connectivity index (χ2v) is 8.55. The Hall–Kier alpha value is -3.57. The monoisotopic (exact) mass is 511 g/mol. The van der Waals surface area contributed by atoms with Gasteiger partial charge in [-0.1, -0.05) is 37.3 Å². The minimum absolute atomic E-state index is 0.0849. The summed E-state index contributed by atoms with van der Waals surface area (Å²) in [6.07, 6.45) is -6.59. The van der Waals surface area contributed by atoms with E-state index in [1.165, 1.54) is 12.3 Å². The van der Waals surface area contributed by atoms with Gasteiger partial charge >= 0.3 is 12.4 Å². The fourth-order valence-electron chi connectivity index (χ4n) is 4.08. The molecule has 2 atom stereocenters. The first kappa shape index (κ1) is 25.5. The Kier molecular flexibility index (Phi) is 6.96. The van der Waals surface area contributed by atoms with Crippen LogP contribution in [0.3, 0.4) is 0 Å². The number of aryl methyl sites for hydroxylation is 1. The van der Waals surface area contributed by atoms with Crippen LogP contribution in [0, 0.1) is 0 Å². The molecule has 0 fully saturated rings. The van der Waals surface area contributed by atoms with Crippen molar-refractivity contribution < 1.29 is 31.1 Å². The third-order valence-electron chi connectivity index (χ3n) is 6.06. The molecule has 1 aliphatic rings.